The molecule has 0 radical (unpaired) electrons. The van der Waals surface area contributed by atoms with Crippen LogP contribution in [0.25, 0.3) is 0 Å². The average molecular weight is 520 g/mol. The molecule has 3 aromatic rings. The van der Waals surface area contributed by atoms with Gasteiger partial charge in [0.15, 0.2) is 0 Å². The summed E-state index contributed by atoms with van der Waals surface area (Å²) in [5.74, 6) is -2.41. The second kappa shape index (κ2) is 8.89. The standard InChI is InChI=1S/C25H27F2N3O5S/c1-15-8-9-22(16-6-4-3-5-7-16)36(33,34)30(15)14-17-10-21(27)19(11-20(17)26)25(12-18(31)13-25)23-28-29(2)24(32)35-23/h3-7,10-11,15,18,22,31H,8-9,12-14H2,1-2H3/t15-,18?,22+,25?/m0/s1. The van der Waals surface area contributed by atoms with Crippen molar-refractivity contribution in [2.24, 2.45) is 7.05 Å². The van der Waals surface area contributed by atoms with E-state index in [0.717, 1.165) is 16.8 Å². The molecule has 2 fully saturated rings. The molecule has 0 unspecified atom stereocenters. The fourth-order valence-corrected chi connectivity index (χ4v) is 7.58. The number of aromatic nitrogens is 2. The maximum atomic E-state index is 15.5. The van der Waals surface area contributed by atoms with Gasteiger partial charge in [0.1, 0.15) is 16.9 Å². The molecule has 192 valence electrons. The van der Waals surface area contributed by atoms with E-state index in [1.165, 1.54) is 11.4 Å². The average Bonchev–Trinajstić information content (AvgIpc) is 3.15. The molecule has 2 aliphatic rings. The molecule has 0 amide bonds. The first kappa shape index (κ1) is 24.8. The van der Waals surface area contributed by atoms with Crippen molar-refractivity contribution in [1.29, 1.82) is 0 Å². The molecular weight excluding hydrogens is 492 g/mol. The molecule has 36 heavy (non-hydrogen) atoms. The van der Waals surface area contributed by atoms with Crippen LogP contribution in [0.1, 0.15) is 60.4 Å². The van der Waals surface area contributed by atoms with Crippen LogP contribution in [0.15, 0.2) is 51.7 Å². The molecule has 1 aliphatic heterocycles. The van der Waals surface area contributed by atoms with Crippen LogP contribution in [0.2, 0.25) is 0 Å². The van der Waals surface area contributed by atoms with Crippen molar-refractivity contribution in [2.75, 3.05) is 0 Å². The Balaban J connectivity index is 1.49. The zero-order chi connectivity index (χ0) is 25.8. The summed E-state index contributed by atoms with van der Waals surface area (Å²) in [5.41, 5.74) is -0.809. The highest BCUT2D eigenvalue weighted by Gasteiger charge is 2.52. The molecule has 1 aliphatic carbocycles. The van der Waals surface area contributed by atoms with Gasteiger partial charge in [-0.2, -0.15) is 8.99 Å². The summed E-state index contributed by atoms with van der Waals surface area (Å²) in [4.78, 5) is 11.8. The quantitative estimate of drug-likeness (QED) is 0.555. The van der Waals surface area contributed by atoms with Crippen LogP contribution < -0.4 is 5.76 Å². The molecule has 1 saturated heterocycles. The van der Waals surface area contributed by atoms with E-state index in [1.54, 1.807) is 31.2 Å². The minimum absolute atomic E-state index is 0.0129. The van der Waals surface area contributed by atoms with Crippen LogP contribution >= 0.6 is 0 Å². The third kappa shape index (κ3) is 3.99. The summed E-state index contributed by atoms with van der Waals surface area (Å²) in [6.45, 7) is 1.44. The van der Waals surface area contributed by atoms with Crippen LogP contribution in [0.4, 0.5) is 8.78 Å². The van der Waals surface area contributed by atoms with Gasteiger partial charge in [-0.3, -0.25) is 0 Å². The van der Waals surface area contributed by atoms with Gasteiger partial charge in [-0.05, 0) is 50.3 Å². The van der Waals surface area contributed by atoms with Crippen molar-refractivity contribution in [1.82, 2.24) is 14.1 Å². The highest BCUT2D eigenvalue weighted by Crippen LogP contribution is 2.49. The van der Waals surface area contributed by atoms with Crippen molar-refractivity contribution in [3.63, 3.8) is 0 Å². The van der Waals surface area contributed by atoms with Crippen molar-refractivity contribution in [3.8, 4) is 0 Å². The zero-order valence-electron chi connectivity index (χ0n) is 19.9. The second-order valence-electron chi connectivity index (χ2n) is 9.78. The number of benzene rings is 2. The van der Waals surface area contributed by atoms with Gasteiger partial charge in [0.2, 0.25) is 15.9 Å². The third-order valence-corrected chi connectivity index (χ3v) is 9.81. The Bertz CT molecular complexity index is 1450. The van der Waals surface area contributed by atoms with Crippen LogP contribution in [0, 0.1) is 11.6 Å². The molecule has 11 heteroatoms. The molecule has 8 nitrogen and oxygen atoms in total. The highest BCUT2D eigenvalue weighted by molar-refractivity contribution is 7.89. The van der Waals surface area contributed by atoms with E-state index >= 15 is 8.78 Å². The van der Waals surface area contributed by atoms with Gasteiger partial charge in [0, 0.05) is 30.8 Å². The number of aliphatic hydroxyl groups excluding tert-OH is 1. The van der Waals surface area contributed by atoms with Gasteiger partial charge in [0.05, 0.1) is 11.5 Å². The number of halogens is 2. The number of aliphatic hydroxyl groups is 1. The first-order chi connectivity index (χ1) is 17.0. The Morgan fingerprint density at radius 3 is 2.44 bits per heavy atom. The van der Waals surface area contributed by atoms with E-state index in [9.17, 15) is 18.3 Å². The fourth-order valence-electron chi connectivity index (χ4n) is 5.39. The van der Waals surface area contributed by atoms with E-state index in [0.29, 0.717) is 18.4 Å². The van der Waals surface area contributed by atoms with E-state index in [-0.39, 0.29) is 42.4 Å². The molecule has 5 rings (SSSR count). The minimum Gasteiger partial charge on any atom is -0.393 e. The monoisotopic (exact) mass is 519 g/mol. The molecule has 2 atom stereocenters. The predicted octanol–water partition coefficient (Wildman–Crippen LogP) is 3.15. The van der Waals surface area contributed by atoms with Crippen LogP contribution in [0.3, 0.4) is 0 Å². The van der Waals surface area contributed by atoms with E-state index < -0.39 is 44.2 Å². The Kier molecular flexibility index (Phi) is 6.12. The number of aryl methyl sites for hydroxylation is 1. The summed E-state index contributed by atoms with van der Waals surface area (Å²) in [5, 5.41) is 13.2. The van der Waals surface area contributed by atoms with Crippen molar-refractivity contribution >= 4 is 10.0 Å². The van der Waals surface area contributed by atoms with E-state index in [4.69, 9.17) is 4.42 Å². The molecule has 2 heterocycles. The zero-order valence-corrected chi connectivity index (χ0v) is 20.7. The first-order valence-corrected chi connectivity index (χ1v) is 13.3. The van der Waals surface area contributed by atoms with Crippen LogP contribution in [-0.2, 0) is 29.0 Å². The van der Waals surface area contributed by atoms with Gasteiger partial charge in [0.25, 0.3) is 0 Å². The molecular formula is C25H27F2N3O5S. The normalized spacial score (nSPS) is 28.1. The predicted molar refractivity (Wildman–Crippen MR) is 126 cm³/mol. The largest absolute Gasteiger partial charge is 0.436 e. The Morgan fingerprint density at radius 1 is 1.14 bits per heavy atom. The van der Waals surface area contributed by atoms with Crippen LogP contribution in [0.5, 0.6) is 0 Å². The molecule has 2 aromatic carbocycles. The third-order valence-electron chi connectivity index (χ3n) is 7.44. The maximum absolute atomic E-state index is 15.5. The number of sulfonamides is 1. The lowest BCUT2D eigenvalue weighted by Crippen LogP contribution is -2.47. The number of hydrogen-bond donors (Lipinski definition) is 1. The molecule has 1 saturated carbocycles. The summed E-state index contributed by atoms with van der Waals surface area (Å²) in [6, 6.07) is 10.5. The SMILES string of the molecule is C[C@H]1CC[C@H](c2ccccc2)S(=O)(=O)N1Cc1cc(F)c(C2(c3nn(C)c(=O)o3)CC(O)C2)cc1F. The van der Waals surface area contributed by atoms with Crippen LogP contribution in [-0.4, -0.2) is 39.8 Å². The van der Waals surface area contributed by atoms with E-state index in [2.05, 4.69) is 5.10 Å². The number of hydrogen-bond acceptors (Lipinski definition) is 6. The summed E-state index contributed by atoms with van der Waals surface area (Å²) >= 11 is 0. The number of nitrogens with zero attached hydrogens (tertiary/aromatic N) is 3. The Morgan fingerprint density at radius 2 is 1.83 bits per heavy atom. The summed E-state index contributed by atoms with van der Waals surface area (Å²) < 4.78 is 65.2. The fraction of sp³-hybridized carbons (Fsp3) is 0.440. The highest BCUT2D eigenvalue weighted by atomic mass is 32.2. The summed E-state index contributed by atoms with van der Waals surface area (Å²) in [7, 11) is -2.45. The minimum atomic E-state index is -3.83. The van der Waals surface area contributed by atoms with Gasteiger partial charge in [-0.1, -0.05) is 30.3 Å². The lowest BCUT2D eigenvalue weighted by atomic mass is 9.62. The molecule has 1 aromatic heterocycles. The molecule has 0 spiro atoms. The molecule has 1 N–H and O–H groups in total. The number of rotatable bonds is 5. The lowest BCUT2D eigenvalue weighted by molar-refractivity contribution is 0.0226. The van der Waals surface area contributed by atoms with Crippen molar-refractivity contribution in [3.05, 3.63) is 87.2 Å². The van der Waals surface area contributed by atoms with Gasteiger partial charge < -0.3 is 9.52 Å². The Labute approximate surface area is 207 Å². The van der Waals surface area contributed by atoms with Crippen molar-refractivity contribution < 1.29 is 26.7 Å². The smallest absolute Gasteiger partial charge is 0.393 e. The van der Waals surface area contributed by atoms with Gasteiger partial charge in [-0.15, -0.1) is 5.10 Å². The van der Waals surface area contributed by atoms with E-state index in [1.807, 2.05) is 6.07 Å². The van der Waals surface area contributed by atoms with Gasteiger partial charge >= 0.3 is 5.76 Å². The topological polar surface area (TPSA) is 106 Å². The molecule has 0 bridgehead atoms. The maximum Gasteiger partial charge on any atom is 0.436 e. The Hall–Kier alpha value is -2.89. The lowest BCUT2D eigenvalue weighted by Gasteiger charge is -2.43. The van der Waals surface area contributed by atoms with Crippen molar-refractivity contribution in [2.45, 2.75) is 62.0 Å². The second-order valence-corrected chi connectivity index (χ2v) is 11.8. The van der Waals surface area contributed by atoms with Gasteiger partial charge in [-0.25, -0.2) is 22.0 Å². The first-order valence-electron chi connectivity index (χ1n) is 11.8. The summed E-state index contributed by atoms with van der Waals surface area (Å²) in [6.07, 6.45) is 0.270.